The molecule has 0 atom stereocenters. The van der Waals surface area contributed by atoms with Gasteiger partial charge in [0.15, 0.2) is 5.13 Å². The summed E-state index contributed by atoms with van der Waals surface area (Å²) in [7, 11) is 3.70. The molecule has 8 heteroatoms. The first kappa shape index (κ1) is 17.9. The molecule has 1 saturated heterocycles. The number of anilines is 1. The summed E-state index contributed by atoms with van der Waals surface area (Å²) in [4.78, 5) is 25.3. The lowest BCUT2D eigenvalue weighted by Gasteiger charge is -2.33. The van der Waals surface area contributed by atoms with E-state index >= 15 is 0 Å². The molecule has 1 aliphatic rings. The lowest BCUT2D eigenvalue weighted by atomic mass is 9.96. The van der Waals surface area contributed by atoms with Crippen LogP contribution in [0.2, 0.25) is 0 Å². The van der Waals surface area contributed by atoms with Gasteiger partial charge >= 0.3 is 0 Å². The third kappa shape index (κ3) is 3.80. The minimum Gasteiger partial charge on any atom is -0.348 e. The molecule has 3 aromatic rings. The number of hydrogen-bond acceptors (Lipinski definition) is 5. The minimum atomic E-state index is -0.225. The number of thiazole rings is 1. The number of aromatic nitrogens is 3. The maximum absolute atomic E-state index is 13.4. The van der Waals surface area contributed by atoms with E-state index in [9.17, 15) is 9.18 Å². The maximum atomic E-state index is 13.4. The Hall–Kier alpha value is -2.48. The number of fused-ring (bicyclic) bond motifs is 1. The topological polar surface area (TPSA) is 54.3 Å². The largest absolute Gasteiger partial charge is 0.348 e. The van der Waals surface area contributed by atoms with Gasteiger partial charge in [0.2, 0.25) is 0 Å². The number of aryl methyl sites for hydroxylation is 1. The highest BCUT2D eigenvalue weighted by Gasteiger charge is 2.24. The number of nitrogens with zero attached hydrogens (tertiary/aromatic N) is 5. The van der Waals surface area contributed by atoms with E-state index in [1.54, 1.807) is 34.1 Å². The zero-order chi connectivity index (χ0) is 19.0. The van der Waals surface area contributed by atoms with Crippen LogP contribution in [0.4, 0.5) is 9.52 Å². The van der Waals surface area contributed by atoms with E-state index in [0.717, 1.165) is 47.8 Å². The molecule has 0 radical (unpaired) electrons. The van der Waals surface area contributed by atoms with Crippen LogP contribution < -0.4 is 4.90 Å². The Kier molecular flexibility index (Phi) is 4.82. The molecule has 1 amide bonds. The highest BCUT2D eigenvalue weighted by Crippen LogP contribution is 2.32. The molecule has 0 aliphatic carbocycles. The number of rotatable bonds is 4. The normalized spacial score (nSPS) is 15.4. The molecule has 1 aromatic carbocycles. The lowest BCUT2D eigenvalue weighted by Crippen LogP contribution is -2.39. The van der Waals surface area contributed by atoms with Crippen molar-refractivity contribution in [3.63, 3.8) is 0 Å². The molecule has 6 nitrogen and oxygen atoms in total. The van der Waals surface area contributed by atoms with Gasteiger partial charge in [-0.15, -0.1) is 0 Å². The predicted molar refractivity (Wildman–Crippen MR) is 105 cm³/mol. The van der Waals surface area contributed by atoms with Gasteiger partial charge in [-0.25, -0.2) is 14.4 Å². The fourth-order valence-electron chi connectivity index (χ4n) is 3.52. The molecule has 0 unspecified atom stereocenters. The van der Waals surface area contributed by atoms with Gasteiger partial charge in [0.1, 0.15) is 11.5 Å². The first-order valence-corrected chi connectivity index (χ1v) is 9.86. The molecule has 3 heterocycles. The van der Waals surface area contributed by atoms with E-state index in [2.05, 4.69) is 14.9 Å². The molecule has 1 aliphatic heterocycles. The third-order valence-electron chi connectivity index (χ3n) is 5.03. The van der Waals surface area contributed by atoms with E-state index in [0.29, 0.717) is 11.6 Å². The second-order valence-electron chi connectivity index (χ2n) is 7.15. The number of halogens is 1. The second-order valence-corrected chi connectivity index (χ2v) is 8.16. The quantitative estimate of drug-likeness (QED) is 0.690. The molecule has 142 valence electrons. The van der Waals surface area contributed by atoms with E-state index in [1.807, 2.05) is 14.1 Å². The Morgan fingerprint density at radius 3 is 2.85 bits per heavy atom. The summed E-state index contributed by atoms with van der Waals surface area (Å²) < 4.78 is 16.0. The number of carbonyl (C=O) groups excluding carboxylic acids is 1. The average molecular weight is 387 g/mol. The smallest absolute Gasteiger partial charge is 0.273 e. The Balaban J connectivity index is 1.34. The van der Waals surface area contributed by atoms with Crippen LogP contribution >= 0.6 is 11.3 Å². The zero-order valence-electron chi connectivity index (χ0n) is 15.4. The maximum Gasteiger partial charge on any atom is 0.273 e. The van der Waals surface area contributed by atoms with Gasteiger partial charge in [-0.05, 0) is 37.0 Å². The van der Waals surface area contributed by atoms with Gasteiger partial charge < -0.3 is 14.4 Å². The number of imidazole rings is 1. The van der Waals surface area contributed by atoms with Crippen LogP contribution in [0.3, 0.4) is 0 Å². The van der Waals surface area contributed by atoms with Gasteiger partial charge in [0, 0.05) is 39.9 Å². The van der Waals surface area contributed by atoms with Crippen LogP contribution in [0.15, 0.2) is 30.7 Å². The third-order valence-corrected chi connectivity index (χ3v) is 6.11. The fraction of sp³-hybridized carbons (Fsp3) is 0.421. The summed E-state index contributed by atoms with van der Waals surface area (Å²) >= 11 is 1.54. The zero-order valence-corrected chi connectivity index (χ0v) is 16.2. The monoisotopic (exact) mass is 387 g/mol. The van der Waals surface area contributed by atoms with Crippen LogP contribution in [0, 0.1) is 11.7 Å². The Bertz CT molecular complexity index is 960. The first-order chi connectivity index (χ1) is 13.0. The van der Waals surface area contributed by atoms with Crippen molar-refractivity contribution in [1.82, 2.24) is 19.4 Å². The van der Waals surface area contributed by atoms with E-state index in [1.165, 1.54) is 17.4 Å². The van der Waals surface area contributed by atoms with E-state index < -0.39 is 0 Å². The molecule has 0 bridgehead atoms. The molecule has 0 N–H and O–H groups in total. The van der Waals surface area contributed by atoms with Gasteiger partial charge in [0.05, 0.1) is 16.5 Å². The van der Waals surface area contributed by atoms with E-state index in [4.69, 9.17) is 0 Å². The van der Waals surface area contributed by atoms with Crippen LogP contribution in [0.1, 0.15) is 23.3 Å². The van der Waals surface area contributed by atoms with Crippen LogP contribution in [-0.2, 0) is 7.05 Å². The van der Waals surface area contributed by atoms with E-state index in [-0.39, 0.29) is 11.7 Å². The van der Waals surface area contributed by atoms with Crippen molar-refractivity contribution in [3.05, 3.63) is 42.2 Å². The van der Waals surface area contributed by atoms with Gasteiger partial charge in [0.25, 0.3) is 5.91 Å². The van der Waals surface area contributed by atoms with Crippen molar-refractivity contribution in [2.24, 2.45) is 13.0 Å². The number of amides is 1. The fourth-order valence-corrected chi connectivity index (χ4v) is 4.56. The summed E-state index contributed by atoms with van der Waals surface area (Å²) in [6, 6.07) is 4.73. The number of piperidine rings is 1. The standard InChI is InChI=1S/C19H22FN5OS/c1-23-11-16(21-12-23)18(26)24(2)10-13-5-7-25(8-6-13)19-22-15-4-3-14(20)9-17(15)27-19/h3-4,9,11-13H,5-8,10H2,1-2H3. The Morgan fingerprint density at radius 2 is 2.15 bits per heavy atom. The molecular weight excluding hydrogens is 365 g/mol. The summed E-state index contributed by atoms with van der Waals surface area (Å²) in [6.07, 6.45) is 5.40. The molecule has 2 aromatic heterocycles. The minimum absolute atomic E-state index is 0.0359. The van der Waals surface area contributed by atoms with Crippen molar-refractivity contribution < 1.29 is 9.18 Å². The van der Waals surface area contributed by atoms with Crippen LogP contribution in [0.5, 0.6) is 0 Å². The Labute approximate surface area is 161 Å². The average Bonchev–Trinajstić information content (AvgIpc) is 3.27. The summed E-state index contributed by atoms with van der Waals surface area (Å²) in [5, 5.41) is 0.951. The van der Waals surface area contributed by atoms with Gasteiger partial charge in [-0.3, -0.25) is 4.79 Å². The summed E-state index contributed by atoms with van der Waals surface area (Å²) in [6.45, 7) is 2.53. The highest BCUT2D eigenvalue weighted by molar-refractivity contribution is 7.22. The number of carbonyl (C=O) groups is 1. The molecule has 1 fully saturated rings. The highest BCUT2D eigenvalue weighted by atomic mass is 32.1. The predicted octanol–water partition coefficient (Wildman–Crippen LogP) is 3.16. The summed E-state index contributed by atoms with van der Waals surface area (Å²) in [5.74, 6) is 0.203. The SMILES string of the molecule is CN(CC1CCN(c2nc3ccc(F)cc3s2)CC1)C(=O)c1cn(C)cn1. The molecular formula is C19H22FN5OS. The molecule has 0 spiro atoms. The van der Waals surface area contributed by atoms with Crippen molar-refractivity contribution in [2.45, 2.75) is 12.8 Å². The molecule has 4 rings (SSSR count). The van der Waals surface area contributed by atoms with Crippen molar-refractivity contribution in [1.29, 1.82) is 0 Å². The second kappa shape index (κ2) is 7.26. The number of hydrogen-bond donors (Lipinski definition) is 0. The Morgan fingerprint density at radius 1 is 1.37 bits per heavy atom. The van der Waals surface area contributed by atoms with Crippen LogP contribution in [-0.4, -0.2) is 52.0 Å². The molecule has 27 heavy (non-hydrogen) atoms. The molecule has 0 saturated carbocycles. The first-order valence-electron chi connectivity index (χ1n) is 9.04. The van der Waals surface area contributed by atoms with Gasteiger partial charge in [-0.2, -0.15) is 0 Å². The van der Waals surface area contributed by atoms with Crippen molar-refractivity contribution in [2.75, 3.05) is 31.6 Å². The van der Waals surface area contributed by atoms with Crippen LogP contribution in [0.25, 0.3) is 10.2 Å². The van der Waals surface area contributed by atoms with Crippen molar-refractivity contribution in [3.8, 4) is 0 Å². The number of benzene rings is 1. The van der Waals surface area contributed by atoms with Gasteiger partial charge in [-0.1, -0.05) is 11.3 Å². The lowest BCUT2D eigenvalue weighted by molar-refractivity contribution is 0.0759. The van der Waals surface area contributed by atoms with Crippen molar-refractivity contribution >= 4 is 32.6 Å². The summed E-state index contributed by atoms with van der Waals surface area (Å²) in [5.41, 5.74) is 1.33.